The summed E-state index contributed by atoms with van der Waals surface area (Å²) in [6.45, 7) is 1.14. The monoisotopic (exact) mass is 400 g/mol. The Hall–Kier alpha value is -3.39. The van der Waals surface area contributed by atoms with Crippen molar-refractivity contribution in [3.63, 3.8) is 0 Å². The molecule has 1 heterocycles. The topological polar surface area (TPSA) is 95.3 Å². The van der Waals surface area contributed by atoms with Crippen molar-refractivity contribution in [2.45, 2.75) is 6.92 Å². The molecular weight excluding hydrogens is 384 g/mol. The zero-order valence-electron chi connectivity index (χ0n) is 15.2. The van der Waals surface area contributed by atoms with Gasteiger partial charge in [-0.1, -0.05) is 29.8 Å². The van der Waals surface area contributed by atoms with Crippen LogP contribution in [0.25, 0.3) is 5.69 Å². The molecule has 2 aromatic carbocycles. The van der Waals surface area contributed by atoms with Gasteiger partial charge in [0.1, 0.15) is 5.75 Å². The maximum Gasteiger partial charge on any atom is 0.361 e. The molecule has 1 aromatic heterocycles. The molecule has 0 fully saturated rings. The Kier molecular flexibility index (Phi) is 5.90. The first-order valence-corrected chi connectivity index (χ1v) is 8.65. The van der Waals surface area contributed by atoms with Crippen molar-refractivity contribution in [3.05, 3.63) is 64.9 Å². The number of halogens is 1. The van der Waals surface area contributed by atoms with Gasteiger partial charge in [-0.3, -0.25) is 4.79 Å². The lowest BCUT2D eigenvalue weighted by atomic mass is 10.3. The second kappa shape index (κ2) is 8.53. The van der Waals surface area contributed by atoms with Crippen LogP contribution in [0.3, 0.4) is 0 Å². The minimum atomic E-state index is -0.743. The average Bonchev–Trinajstić information content (AvgIpc) is 3.09. The van der Waals surface area contributed by atoms with Crippen molar-refractivity contribution in [1.29, 1.82) is 0 Å². The number of amides is 1. The van der Waals surface area contributed by atoms with Crippen LogP contribution >= 0.6 is 11.6 Å². The Morgan fingerprint density at radius 2 is 1.89 bits per heavy atom. The predicted octanol–water partition coefficient (Wildman–Crippen LogP) is 3.03. The fourth-order valence-corrected chi connectivity index (χ4v) is 2.58. The molecule has 0 aliphatic carbocycles. The summed E-state index contributed by atoms with van der Waals surface area (Å²) in [7, 11) is 1.47. The molecule has 9 heteroatoms. The SMILES string of the molecule is COc1ccc(Cl)cc1NC(=O)COC(=O)c1nn(-c2ccccc2)nc1C. The highest BCUT2D eigenvalue weighted by molar-refractivity contribution is 6.31. The first-order valence-electron chi connectivity index (χ1n) is 8.28. The minimum absolute atomic E-state index is 0.0389. The fourth-order valence-electron chi connectivity index (χ4n) is 2.41. The van der Waals surface area contributed by atoms with Crippen LogP contribution in [0.1, 0.15) is 16.2 Å². The lowest BCUT2D eigenvalue weighted by molar-refractivity contribution is -0.119. The number of esters is 1. The zero-order chi connectivity index (χ0) is 20.1. The van der Waals surface area contributed by atoms with E-state index < -0.39 is 18.5 Å². The number of carbonyl (C=O) groups excluding carboxylic acids is 2. The van der Waals surface area contributed by atoms with E-state index in [2.05, 4.69) is 15.5 Å². The standard InChI is InChI=1S/C19H17ClN4O4/c1-12-18(23-24(22-12)14-6-4-3-5-7-14)19(26)28-11-17(25)21-15-10-13(20)8-9-16(15)27-2/h3-10H,11H2,1-2H3,(H,21,25). The van der Waals surface area contributed by atoms with Crippen LogP contribution in [0.5, 0.6) is 5.75 Å². The molecule has 8 nitrogen and oxygen atoms in total. The Bertz CT molecular complexity index is 1000. The molecule has 3 rings (SSSR count). The smallest absolute Gasteiger partial charge is 0.361 e. The summed E-state index contributed by atoms with van der Waals surface area (Å²) in [6.07, 6.45) is 0. The van der Waals surface area contributed by atoms with E-state index in [-0.39, 0.29) is 5.69 Å². The van der Waals surface area contributed by atoms with Gasteiger partial charge in [-0.05, 0) is 37.3 Å². The van der Waals surface area contributed by atoms with Gasteiger partial charge in [-0.2, -0.15) is 9.90 Å². The van der Waals surface area contributed by atoms with Gasteiger partial charge < -0.3 is 14.8 Å². The molecule has 0 aliphatic heterocycles. The number of rotatable bonds is 6. The number of aryl methyl sites for hydroxylation is 1. The van der Waals surface area contributed by atoms with Crippen molar-refractivity contribution in [3.8, 4) is 11.4 Å². The molecule has 0 aliphatic rings. The maximum absolute atomic E-state index is 12.3. The summed E-state index contributed by atoms with van der Waals surface area (Å²) in [5, 5.41) is 11.4. The van der Waals surface area contributed by atoms with Crippen LogP contribution in [-0.2, 0) is 9.53 Å². The van der Waals surface area contributed by atoms with Crippen LogP contribution in [0, 0.1) is 6.92 Å². The van der Waals surface area contributed by atoms with Crippen molar-refractivity contribution in [2.75, 3.05) is 19.0 Å². The predicted molar refractivity (Wildman–Crippen MR) is 103 cm³/mol. The molecule has 3 aromatic rings. The molecule has 28 heavy (non-hydrogen) atoms. The van der Waals surface area contributed by atoms with E-state index in [1.165, 1.54) is 18.0 Å². The first kappa shape index (κ1) is 19.4. The highest BCUT2D eigenvalue weighted by Crippen LogP contribution is 2.27. The van der Waals surface area contributed by atoms with E-state index in [9.17, 15) is 9.59 Å². The van der Waals surface area contributed by atoms with E-state index in [0.29, 0.717) is 27.8 Å². The van der Waals surface area contributed by atoms with E-state index in [1.807, 2.05) is 18.2 Å². The highest BCUT2D eigenvalue weighted by Gasteiger charge is 2.19. The normalized spacial score (nSPS) is 10.4. The number of para-hydroxylation sites is 1. The van der Waals surface area contributed by atoms with Gasteiger partial charge in [-0.25, -0.2) is 4.79 Å². The number of aromatic nitrogens is 3. The van der Waals surface area contributed by atoms with Crippen LogP contribution in [0.2, 0.25) is 5.02 Å². The summed E-state index contributed by atoms with van der Waals surface area (Å²) in [5.41, 5.74) is 1.51. The lowest BCUT2D eigenvalue weighted by Gasteiger charge is -2.10. The lowest BCUT2D eigenvalue weighted by Crippen LogP contribution is -2.21. The van der Waals surface area contributed by atoms with Crippen LogP contribution in [0.15, 0.2) is 48.5 Å². The largest absolute Gasteiger partial charge is 0.495 e. The third-order valence-electron chi connectivity index (χ3n) is 3.73. The summed E-state index contributed by atoms with van der Waals surface area (Å²) in [5.74, 6) is -0.847. The minimum Gasteiger partial charge on any atom is -0.495 e. The van der Waals surface area contributed by atoms with Crippen LogP contribution in [0.4, 0.5) is 5.69 Å². The quantitative estimate of drug-likeness (QED) is 0.639. The Balaban J connectivity index is 1.64. The number of hydrogen-bond donors (Lipinski definition) is 1. The van der Waals surface area contributed by atoms with Gasteiger partial charge >= 0.3 is 5.97 Å². The molecule has 0 saturated carbocycles. The van der Waals surface area contributed by atoms with Crippen molar-refractivity contribution in [2.24, 2.45) is 0 Å². The van der Waals surface area contributed by atoms with Crippen molar-refractivity contribution < 1.29 is 19.1 Å². The third kappa shape index (κ3) is 4.47. The van der Waals surface area contributed by atoms with Gasteiger partial charge in [0.2, 0.25) is 0 Å². The number of nitrogens with zero attached hydrogens (tertiary/aromatic N) is 3. The van der Waals surface area contributed by atoms with Crippen molar-refractivity contribution >= 4 is 29.2 Å². The number of carbonyl (C=O) groups is 2. The van der Waals surface area contributed by atoms with Gasteiger partial charge in [0.15, 0.2) is 12.3 Å². The average molecular weight is 401 g/mol. The summed E-state index contributed by atoms with van der Waals surface area (Å²) in [4.78, 5) is 25.7. The fraction of sp³-hybridized carbons (Fsp3) is 0.158. The van der Waals surface area contributed by atoms with Crippen molar-refractivity contribution in [1.82, 2.24) is 15.0 Å². The molecule has 1 amide bonds. The Labute approximate surface area is 166 Å². The number of nitrogens with one attached hydrogen (secondary N) is 1. The van der Waals surface area contributed by atoms with E-state index in [0.717, 1.165) is 0 Å². The van der Waals surface area contributed by atoms with Crippen LogP contribution in [-0.4, -0.2) is 40.6 Å². The molecule has 0 bridgehead atoms. The van der Waals surface area contributed by atoms with Gasteiger partial charge in [0.25, 0.3) is 5.91 Å². The van der Waals surface area contributed by atoms with Gasteiger partial charge in [-0.15, -0.1) is 5.10 Å². The molecule has 0 unspecified atom stereocenters. The maximum atomic E-state index is 12.3. The number of benzene rings is 2. The first-order chi connectivity index (χ1) is 13.5. The summed E-state index contributed by atoms with van der Waals surface area (Å²) < 4.78 is 10.2. The summed E-state index contributed by atoms with van der Waals surface area (Å²) in [6, 6.07) is 13.9. The molecular formula is C19H17ClN4O4. The molecule has 0 saturated heterocycles. The molecule has 144 valence electrons. The number of hydrogen-bond acceptors (Lipinski definition) is 6. The number of methoxy groups -OCH3 is 1. The third-order valence-corrected chi connectivity index (χ3v) is 3.97. The molecule has 0 atom stereocenters. The molecule has 0 spiro atoms. The second-order valence-electron chi connectivity index (χ2n) is 5.73. The van der Waals surface area contributed by atoms with E-state index >= 15 is 0 Å². The van der Waals surface area contributed by atoms with Gasteiger partial charge in [0.05, 0.1) is 24.2 Å². The van der Waals surface area contributed by atoms with Crippen LogP contribution < -0.4 is 10.1 Å². The molecule has 1 N–H and O–H groups in total. The second-order valence-corrected chi connectivity index (χ2v) is 6.16. The Morgan fingerprint density at radius 1 is 1.14 bits per heavy atom. The Morgan fingerprint density at radius 3 is 2.61 bits per heavy atom. The number of ether oxygens (including phenoxy) is 2. The van der Waals surface area contributed by atoms with Gasteiger partial charge in [0, 0.05) is 5.02 Å². The zero-order valence-corrected chi connectivity index (χ0v) is 15.9. The highest BCUT2D eigenvalue weighted by atomic mass is 35.5. The van der Waals surface area contributed by atoms with E-state index in [4.69, 9.17) is 21.1 Å². The van der Waals surface area contributed by atoms with E-state index in [1.54, 1.807) is 31.2 Å². The molecule has 0 radical (unpaired) electrons. The summed E-state index contributed by atoms with van der Waals surface area (Å²) >= 11 is 5.93. The number of anilines is 1.